The maximum absolute atomic E-state index is 5.72. The number of hydrogen-bond donors (Lipinski definition) is 0. The van der Waals surface area contributed by atoms with E-state index in [4.69, 9.17) is 9.95 Å². The van der Waals surface area contributed by atoms with Crippen LogP contribution in [0.1, 0.15) is 0 Å². The van der Waals surface area contributed by atoms with E-state index in [1.807, 2.05) is 0 Å². The Morgan fingerprint density at radius 2 is 1.17 bits per heavy atom. The molecule has 0 aromatic carbocycles. The largest absolute Gasteiger partial charge is 0 e. The Morgan fingerprint density at radius 1 is 1.17 bits per heavy atom. The first-order valence-electron chi connectivity index (χ1n) is 1.69. The van der Waals surface area contributed by atoms with Crippen LogP contribution in [0, 0.1) is 0 Å². The van der Waals surface area contributed by atoms with Crippen LogP contribution in [0.2, 0.25) is 17.1 Å². The zero-order chi connectivity index (χ0) is 4.50. The van der Waals surface area contributed by atoms with Gasteiger partial charge in [0, 0.05) is 22.4 Å². The summed E-state index contributed by atoms with van der Waals surface area (Å²) in [5, 5.41) is 0. The Bertz CT molecular complexity index is 26.3. The molecular formula is C3H10AsAuCl. The van der Waals surface area contributed by atoms with Gasteiger partial charge < -0.3 is 0 Å². The Hall–Kier alpha value is 1.59. The summed E-state index contributed by atoms with van der Waals surface area (Å²) in [5.74, 6) is 0. The summed E-state index contributed by atoms with van der Waals surface area (Å²) < 4.78 is 0. The van der Waals surface area contributed by atoms with Gasteiger partial charge in [-0.3, -0.25) is 0 Å². The zero-order valence-corrected chi connectivity index (χ0v) is 9.20. The Labute approximate surface area is 61.8 Å². The number of rotatable bonds is 0. The van der Waals surface area contributed by atoms with Crippen molar-refractivity contribution in [1.29, 1.82) is 0 Å². The van der Waals surface area contributed by atoms with Gasteiger partial charge in [0.2, 0.25) is 0 Å². The van der Waals surface area contributed by atoms with Crippen molar-refractivity contribution in [1.82, 2.24) is 0 Å². The second-order valence-corrected chi connectivity index (χ2v) is 16.6. The third-order valence-electron chi connectivity index (χ3n) is 0. The van der Waals surface area contributed by atoms with Crippen molar-refractivity contribution >= 4 is 22.6 Å². The molecule has 0 fully saturated rings. The fourth-order valence-electron chi connectivity index (χ4n) is 0. The van der Waals surface area contributed by atoms with E-state index in [-0.39, 0.29) is 22.4 Å². The average molecular weight is 353 g/mol. The molecular weight excluding hydrogens is 343 g/mol. The van der Waals surface area contributed by atoms with Crippen LogP contribution in [0.3, 0.4) is 0 Å². The summed E-state index contributed by atoms with van der Waals surface area (Å²) in [6.07, 6.45) is 0. The molecule has 0 aliphatic rings. The molecule has 0 aliphatic heterocycles. The summed E-state index contributed by atoms with van der Waals surface area (Å²) in [6.45, 7) is 0. The van der Waals surface area contributed by atoms with Gasteiger partial charge in [0.15, 0.2) is 0 Å². The molecule has 0 spiro atoms. The van der Waals surface area contributed by atoms with Gasteiger partial charge in [-0.25, -0.2) is 0 Å². The zero-order valence-electron chi connectivity index (χ0n) is 4.18. The number of halogens is 1. The van der Waals surface area contributed by atoms with Crippen LogP contribution in [-0.2, 0) is 22.4 Å². The van der Waals surface area contributed by atoms with Gasteiger partial charge in [-0.1, -0.05) is 0 Å². The fraction of sp³-hybridized carbons (Fsp3) is 1.00. The van der Waals surface area contributed by atoms with Crippen molar-refractivity contribution in [3.05, 3.63) is 0 Å². The van der Waals surface area contributed by atoms with E-state index in [9.17, 15) is 0 Å². The maximum Gasteiger partial charge on any atom is 0 e. The summed E-state index contributed by atoms with van der Waals surface area (Å²) in [5.41, 5.74) is 6.42. The molecule has 0 rings (SSSR count). The molecule has 0 saturated carbocycles. The van der Waals surface area contributed by atoms with Gasteiger partial charge in [-0.2, -0.15) is 0 Å². The van der Waals surface area contributed by atoms with Gasteiger partial charge >= 0.3 is 39.7 Å². The predicted molar refractivity (Wildman–Crippen MR) is 30.6 cm³/mol. The molecule has 0 nitrogen and oxygen atoms in total. The molecule has 0 amide bonds. The van der Waals surface area contributed by atoms with E-state index in [1.165, 1.54) is 0 Å². The van der Waals surface area contributed by atoms with Crippen LogP contribution in [0.25, 0.3) is 0 Å². The Kier molecular flexibility index (Phi) is 6.28. The normalized spacial score (nSPS) is 12.7. The van der Waals surface area contributed by atoms with Gasteiger partial charge in [-0.05, 0) is 0 Å². The second kappa shape index (κ2) is 3.57. The van der Waals surface area contributed by atoms with E-state index >= 15 is 0 Å². The molecule has 0 N–H and O–H groups in total. The third-order valence-corrected chi connectivity index (χ3v) is 0. The van der Waals surface area contributed by atoms with Crippen LogP contribution in [-0.4, -0.2) is 12.6 Å². The van der Waals surface area contributed by atoms with Gasteiger partial charge in [-0.15, -0.1) is 0 Å². The number of hydrogen-bond acceptors (Lipinski definition) is 0. The second-order valence-electron chi connectivity index (χ2n) is 2.07. The minimum atomic E-state index is -1.53. The van der Waals surface area contributed by atoms with E-state index in [2.05, 4.69) is 17.1 Å². The van der Waals surface area contributed by atoms with E-state index in [0.29, 0.717) is 0 Å². The van der Waals surface area contributed by atoms with Crippen LogP contribution < -0.4 is 0 Å². The molecule has 45 valence electrons. The molecule has 0 bridgehead atoms. The minimum Gasteiger partial charge on any atom is 0 e. The van der Waals surface area contributed by atoms with Gasteiger partial charge in [0.05, 0.1) is 0 Å². The summed E-state index contributed by atoms with van der Waals surface area (Å²) >= 11 is -1.53. The quantitative estimate of drug-likeness (QED) is 0.583. The molecule has 0 unspecified atom stereocenters. The van der Waals surface area contributed by atoms with Crippen molar-refractivity contribution in [2.24, 2.45) is 0 Å². The molecule has 0 saturated heterocycles. The summed E-state index contributed by atoms with van der Waals surface area (Å²) in [7, 11) is 5.72. The molecule has 0 atom stereocenters. The Balaban J connectivity index is 0. The fourth-order valence-corrected chi connectivity index (χ4v) is 0. The molecule has 6 heavy (non-hydrogen) atoms. The van der Waals surface area contributed by atoms with Crippen LogP contribution >= 0.6 is 9.95 Å². The van der Waals surface area contributed by atoms with Crippen molar-refractivity contribution in [2.45, 2.75) is 17.1 Å². The SMILES string of the molecule is C[AsH](C)(C)Cl.[Au]. The minimum absolute atomic E-state index is 0. The summed E-state index contributed by atoms with van der Waals surface area (Å²) in [4.78, 5) is 0. The molecule has 0 aromatic rings. The molecule has 3 heteroatoms. The monoisotopic (exact) mass is 353 g/mol. The molecule has 0 aromatic heterocycles. The van der Waals surface area contributed by atoms with E-state index in [0.717, 1.165) is 0 Å². The average Bonchev–Trinajstić information content (AvgIpc) is 0.722. The van der Waals surface area contributed by atoms with Crippen molar-refractivity contribution in [2.75, 3.05) is 0 Å². The molecule has 0 aliphatic carbocycles. The van der Waals surface area contributed by atoms with Gasteiger partial charge in [0.25, 0.3) is 0 Å². The first-order chi connectivity index (χ1) is 2.00. The summed E-state index contributed by atoms with van der Waals surface area (Å²) in [6, 6.07) is 0. The van der Waals surface area contributed by atoms with Crippen LogP contribution in [0.5, 0.6) is 0 Å². The predicted octanol–water partition coefficient (Wildman–Crippen LogP) is 1.79. The van der Waals surface area contributed by atoms with E-state index < -0.39 is 12.6 Å². The van der Waals surface area contributed by atoms with Gasteiger partial charge in [0.1, 0.15) is 0 Å². The molecule has 0 heterocycles. The van der Waals surface area contributed by atoms with Crippen molar-refractivity contribution in [3.8, 4) is 0 Å². The first-order valence-corrected chi connectivity index (χ1v) is 10.7. The van der Waals surface area contributed by atoms with Crippen molar-refractivity contribution < 1.29 is 22.4 Å². The molecule has 1 radical (unpaired) electrons. The first kappa shape index (κ1) is 10.5. The third kappa shape index (κ3) is 46.6. The Morgan fingerprint density at radius 3 is 1.17 bits per heavy atom. The van der Waals surface area contributed by atoms with Crippen LogP contribution in [0.15, 0.2) is 0 Å². The topological polar surface area (TPSA) is 0 Å². The van der Waals surface area contributed by atoms with E-state index in [1.54, 1.807) is 0 Å². The van der Waals surface area contributed by atoms with Crippen LogP contribution in [0.4, 0.5) is 0 Å². The smallest absolute Gasteiger partial charge is 0 e. The van der Waals surface area contributed by atoms with Crippen molar-refractivity contribution in [3.63, 3.8) is 0 Å². The standard InChI is InChI=1S/C3H10AsCl.Au/c1-4(2,3)5;/h4H,1-3H3;. The maximum atomic E-state index is 5.72.